The van der Waals surface area contributed by atoms with E-state index in [9.17, 15) is 4.79 Å². The first-order valence-electron chi connectivity index (χ1n) is 5.62. The lowest BCUT2D eigenvalue weighted by atomic mass is 10.1. The van der Waals surface area contributed by atoms with Gasteiger partial charge in [-0.25, -0.2) is 4.98 Å². The Balaban J connectivity index is 2.64. The molecule has 1 heterocycles. The largest absolute Gasteiger partial charge is 0.409 e. The molecule has 0 aromatic carbocycles. The van der Waals surface area contributed by atoms with Gasteiger partial charge in [0.1, 0.15) is 11.5 Å². The summed E-state index contributed by atoms with van der Waals surface area (Å²) >= 11 is 0. The molecule has 7 heteroatoms. The highest BCUT2D eigenvalue weighted by Crippen LogP contribution is 2.01. The quantitative estimate of drug-likeness (QED) is 0.304. The summed E-state index contributed by atoms with van der Waals surface area (Å²) in [4.78, 5) is 19.8. The van der Waals surface area contributed by atoms with Gasteiger partial charge in [-0.3, -0.25) is 9.78 Å². The van der Waals surface area contributed by atoms with Crippen molar-refractivity contribution in [2.24, 2.45) is 10.9 Å². The highest BCUT2D eigenvalue weighted by atomic mass is 16.4. The zero-order valence-electron chi connectivity index (χ0n) is 10.4. The van der Waals surface area contributed by atoms with Gasteiger partial charge in [0.15, 0.2) is 0 Å². The van der Waals surface area contributed by atoms with Crippen LogP contribution in [-0.4, -0.2) is 33.0 Å². The number of aromatic nitrogens is 2. The number of rotatable bonds is 5. The van der Waals surface area contributed by atoms with Crippen molar-refractivity contribution in [2.75, 3.05) is 0 Å². The molecule has 0 aliphatic carbocycles. The van der Waals surface area contributed by atoms with Gasteiger partial charge in [-0.15, -0.1) is 0 Å². The Kier molecular flexibility index (Phi) is 5.04. The Morgan fingerprint density at radius 2 is 2.28 bits per heavy atom. The van der Waals surface area contributed by atoms with Crippen LogP contribution < -0.4 is 11.1 Å². The fraction of sp³-hybridized carbons (Fsp3) is 0.455. The van der Waals surface area contributed by atoms with Crippen LogP contribution in [0.3, 0.4) is 0 Å². The van der Waals surface area contributed by atoms with Crippen LogP contribution in [0.25, 0.3) is 0 Å². The second-order valence-corrected chi connectivity index (χ2v) is 3.92. The third-order valence-corrected chi connectivity index (χ3v) is 2.43. The van der Waals surface area contributed by atoms with E-state index in [0.29, 0.717) is 6.42 Å². The van der Waals surface area contributed by atoms with Crippen molar-refractivity contribution in [2.45, 2.75) is 32.7 Å². The van der Waals surface area contributed by atoms with Crippen molar-refractivity contribution < 1.29 is 10.0 Å². The highest BCUT2D eigenvalue weighted by molar-refractivity contribution is 5.92. The lowest BCUT2D eigenvalue weighted by Crippen LogP contribution is -2.38. The van der Waals surface area contributed by atoms with Crippen LogP contribution >= 0.6 is 0 Å². The van der Waals surface area contributed by atoms with E-state index in [1.807, 2.05) is 6.92 Å². The average Bonchev–Trinajstić information content (AvgIpc) is 2.38. The summed E-state index contributed by atoms with van der Waals surface area (Å²) in [6, 6.07) is -0.198. The number of nitrogens with zero attached hydrogens (tertiary/aromatic N) is 3. The van der Waals surface area contributed by atoms with E-state index < -0.39 is 0 Å². The molecule has 1 amide bonds. The van der Waals surface area contributed by atoms with Crippen LogP contribution in [0.5, 0.6) is 0 Å². The van der Waals surface area contributed by atoms with E-state index in [4.69, 9.17) is 10.9 Å². The van der Waals surface area contributed by atoms with Gasteiger partial charge >= 0.3 is 0 Å². The molecule has 0 bridgehead atoms. The van der Waals surface area contributed by atoms with Gasteiger partial charge in [0.2, 0.25) is 0 Å². The molecule has 0 saturated heterocycles. The minimum Gasteiger partial charge on any atom is -0.409 e. The van der Waals surface area contributed by atoms with Crippen LogP contribution in [0.15, 0.2) is 17.5 Å². The highest BCUT2D eigenvalue weighted by Gasteiger charge is 2.14. The summed E-state index contributed by atoms with van der Waals surface area (Å²) < 4.78 is 0. The van der Waals surface area contributed by atoms with Crippen molar-refractivity contribution in [1.82, 2.24) is 15.3 Å². The Bertz CT molecular complexity index is 430. The van der Waals surface area contributed by atoms with E-state index in [1.54, 1.807) is 6.92 Å². The van der Waals surface area contributed by atoms with Crippen LogP contribution in [0.2, 0.25) is 0 Å². The number of carbonyl (C=O) groups is 1. The Labute approximate surface area is 105 Å². The summed E-state index contributed by atoms with van der Waals surface area (Å²) in [5, 5.41) is 14.1. The summed E-state index contributed by atoms with van der Waals surface area (Å²) in [6.07, 6.45) is 3.90. The lowest BCUT2D eigenvalue weighted by molar-refractivity contribution is 0.0931. The van der Waals surface area contributed by atoms with E-state index in [-0.39, 0.29) is 29.9 Å². The van der Waals surface area contributed by atoms with Crippen LogP contribution in [0.1, 0.15) is 35.9 Å². The number of amides is 1. The fourth-order valence-electron chi connectivity index (χ4n) is 1.36. The maximum Gasteiger partial charge on any atom is 0.271 e. The molecule has 1 aromatic rings. The van der Waals surface area contributed by atoms with E-state index >= 15 is 0 Å². The molecule has 98 valence electrons. The zero-order valence-corrected chi connectivity index (χ0v) is 10.4. The number of oxime groups is 1. The zero-order chi connectivity index (χ0) is 13.5. The van der Waals surface area contributed by atoms with E-state index in [0.717, 1.165) is 5.69 Å². The minimum atomic E-state index is -0.319. The Hall–Kier alpha value is -2.18. The van der Waals surface area contributed by atoms with Gasteiger partial charge in [0.05, 0.1) is 11.9 Å². The Morgan fingerprint density at radius 3 is 2.78 bits per heavy atom. The van der Waals surface area contributed by atoms with Crippen molar-refractivity contribution in [3.05, 3.63) is 23.8 Å². The molecule has 1 unspecified atom stereocenters. The first-order valence-corrected chi connectivity index (χ1v) is 5.62. The lowest BCUT2D eigenvalue weighted by Gasteiger charge is -2.15. The topological polar surface area (TPSA) is 113 Å². The van der Waals surface area contributed by atoms with Crippen LogP contribution in [0.4, 0.5) is 0 Å². The van der Waals surface area contributed by atoms with Gasteiger partial charge < -0.3 is 16.3 Å². The van der Waals surface area contributed by atoms with Crippen molar-refractivity contribution in [1.29, 1.82) is 0 Å². The summed E-state index contributed by atoms with van der Waals surface area (Å²) in [5.74, 6) is -0.239. The van der Waals surface area contributed by atoms with Gasteiger partial charge in [0, 0.05) is 18.7 Å². The molecule has 1 rings (SSSR count). The van der Waals surface area contributed by atoms with Crippen LogP contribution in [-0.2, 0) is 0 Å². The second-order valence-electron chi connectivity index (χ2n) is 3.92. The SMILES string of the molecule is CCC(CC(N)=NO)NC(=O)c1cnc(C)cn1. The maximum atomic E-state index is 11.8. The smallest absolute Gasteiger partial charge is 0.271 e. The van der Waals surface area contributed by atoms with Crippen LogP contribution in [0, 0.1) is 6.92 Å². The third kappa shape index (κ3) is 4.00. The van der Waals surface area contributed by atoms with Crippen molar-refractivity contribution in [3.63, 3.8) is 0 Å². The minimum absolute atomic E-state index is 0.0807. The third-order valence-electron chi connectivity index (χ3n) is 2.43. The molecule has 0 radical (unpaired) electrons. The predicted octanol–water partition coefficient (Wildman–Crippen LogP) is 0.430. The number of amidine groups is 1. The maximum absolute atomic E-state index is 11.8. The van der Waals surface area contributed by atoms with E-state index in [2.05, 4.69) is 20.4 Å². The summed E-state index contributed by atoms with van der Waals surface area (Å²) in [6.45, 7) is 3.69. The van der Waals surface area contributed by atoms with Crippen molar-refractivity contribution in [3.8, 4) is 0 Å². The molecular weight excluding hydrogens is 234 g/mol. The standard InChI is InChI=1S/C11H17N5O2/c1-3-8(4-10(12)16-18)15-11(17)9-6-13-7(2)5-14-9/h5-6,8,18H,3-4H2,1-2H3,(H2,12,16)(H,15,17). The molecular formula is C11H17N5O2. The molecule has 0 saturated carbocycles. The number of carbonyl (C=O) groups excluding carboxylic acids is 1. The normalized spacial score (nSPS) is 13.1. The number of aryl methyl sites for hydroxylation is 1. The molecule has 0 fully saturated rings. The molecule has 7 nitrogen and oxygen atoms in total. The van der Waals surface area contributed by atoms with Gasteiger partial charge in [-0.05, 0) is 13.3 Å². The molecule has 0 aliphatic rings. The first-order chi connectivity index (χ1) is 8.56. The predicted molar refractivity (Wildman–Crippen MR) is 66.3 cm³/mol. The van der Waals surface area contributed by atoms with Crippen molar-refractivity contribution >= 4 is 11.7 Å². The molecule has 0 aliphatic heterocycles. The molecule has 4 N–H and O–H groups in total. The van der Waals surface area contributed by atoms with Gasteiger partial charge in [-0.2, -0.15) is 0 Å². The van der Waals surface area contributed by atoms with Gasteiger partial charge in [-0.1, -0.05) is 12.1 Å². The molecule has 18 heavy (non-hydrogen) atoms. The molecule has 1 aromatic heterocycles. The number of nitrogens with one attached hydrogen (secondary N) is 1. The Morgan fingerprint density at radius 1 is 1.56 bits per heavy atom. The number of hydrogen-bond donors (Lipinski definition) is 3. The molecule has 0 spiro atoms. The summed E-state index contributed by atoms with van der Waals surface area (Å²) in [5.41, 5.74) is 6.40. The fourth-order valence-corrected chi connectivity index (χ4v) is 1.36. The average molecular weight is 251 g/mol. The number of hydrogen-bond acceptors (Lipinski definition) is 5. The molecule has 1 atom stereocenters. The number of nitrogens with two attached hydrogens (primary N) is 1. The van der Waals surface area contributed by atoms with Gasteiger partial charge in [0.25, 0.3) is 5.91 Å². The van der Waals surface area contributed by atoms with E-state index in [1.165, 1.54) is 12.4 Å². The summed E-state index contributed by atoms with van der Waals surface area (Å²) in [7, 11) is 0. The first kappa shape index (κ1) is 13.9. The monoisotopic (exact) mass is 251 g/mol. The second kappa shape index (κ2) is 6.53.